The van der Waals surface area contributed by atoms with Crippen LogP contribution >= 0.6 is 0 Å². The topological polar surface area (TPSA) is 29.5 Å². The van der Waals surface area contributed by atoms with E-state index in [4.69, 9.17) is 4.74 Å². The lowest BCUT2D eigenvalue weighted by Crippen LogP contribution is -2.25. The highest BCUT2D eigenvalue weighted by Gasteiger charge is 2.22. The summed E-state index contributed by atoms with van der Waals surface area (Å²) < 4.78 is 5.38. The average molecular weight is 186 g/mol. The molecule has 2 heteroatoms. The summed E-state index contributed by atoms with van der Waals surface area (Å²) in [7, 11) is 0. The summed E-state index contributed by atoms with van der Waals surface area (Å²) in [5.41, 5.74) is 0. The molecule has 0 saturated heterocycles. The standard InChI is InChI=1S/C11H22O2/c1-2-13-9-11(8-12)10-6-4-3-5-7-10/h10-12H,2-9H2,1H3. The van der Waals surface area contributed by atoms with Gasteiger partial charge in [0.25, 0.3) is 0 Å². The number of hydrogen-bond acceptors (Lipinski definition) is 2. The molecule has 1 fully saturated rings. The molecule has 13 heavy (non-hydrogen) atoms. The summed E-state index contributed by atoms with van der Waals surface area (Å²) in [6.07, 6.45) is 6.64. The second-order valence-electron chi connectivity index (χ2n) is 4.00. The van der Waals surface area contributed by atoms with E-state index in [0.717, 1.165) is 13.2 Å². The molecular formula is C11H22O2. The SMILES string of the molecule is CCOCC(CO)C1CCCCC1. The number of aliphatic hydroxyl groups is 1. The Kier molecular flexibility index (Phi) is 5.40. The normalized spacial score (nSPS) is 21.7. The largest absolute Gasteiger partial charge is 0.396 e. The van der Waals surface area contributed by atoms with Crippen LogP contribution in [0.5, 0.6) is 0 Å². The summed E-state index contributed by atoms with van der Waals surface area (Å²) in [6, 6.07) is 0. The van der Waals surface area contributed by atoms with Gasteiger partial charge >= 0.3 is 0 Å². The minimum absolute atomic E-state index is 0.296. The van der Waals surface area contributed by atoms with Gasteiger partial charge in [0.15, 0.2) is 0 Å². The second-order valence-corrected chi connectivity index (χ2v) is 4.00. The van der Waals surface area contributed by atoms with E-state index in [0.29, 0.717) is 18.4 Å². The smallest absolute Gasteiger partial charge is 0.0518 e. The quantitative estimate of drug-likeness (QED) is 0.713. The van der Waals surface area contributed by atoms with Gasteiger partial charge in [-0.05, 0) is 12.8 Å². The van der Waals surface area contributed by atoms with Crippen molar-refractivity contribution >= 4 is 0 Å². The Bertz CT molecular complexity index is 119. The molecule has 0 aromatic carbocycles. The van der Waals surface area contributed by atoms with Gasteiger partial charge in [-0.25, -0.2) is 0 Å². The first-order valence-electron chi connectivity index (χ1n) is 5.57. The highest BCUT2D eigenvalue weighted by Crippen LogP contribution is 2.29. The molecule has 2 nitrogen and oxygen atoms in total. The Morgan fingerprint density at radius 3 is 2.54 bits per heavy atom. The molecule has 0 bridgehead atoms. The number of ether oxygens (including phenoxy) is 1. The molecule has 0 aromatic heterocycles. The van der Waals surface area contributed by atoms with E-state index >= 15 is 0 Å². The molecule has 1 N–H and O–H groups in total. The van der Waals surface area contributed by atoms with Crippen LogP contribution in [0.25, 0.3) is 0 Å². The van der Waals surface area contributed by atoms with E-state index in [1.807, 2.05) is 6.92 Å². The van der Waals surface area contributed by atoms with Gasteiger partial charge in [-0.15, -0.1) is 0 Å². The van der Waals surface area contributed by atoms with Gasteiger partial charge in [-0.3, -0.25) is 0 Å². The fourth-order valence-corrected chi connectivity index (χ4v) is 2.21. The second kappa shape index (κ2) is 6.39. The van der Waals surface area contributed by atoms with E-state index in [1.165, 1.54) is 32.1 Å². The summed E-state index contributed by atoms with van der Waals surface area (Å²) in [5.74, 6) is 1.10. The fraction of sp³-hybridized carbons (Fsp3) is 1.00. The fourth-order valence-electron chi connectivity index (χ4n) is 2.21. The molecule has 1 rings (SSSR count). The summed E-state index contributed by atoms with van der Waals surface area (Å²) in [5, 5.41) is 9.22. The molecule has 1 aliphatic rings. The van der Waals surface area contributed by atoms with E-state index in [2.05, 4.69) is 0 Å². The molecule has 1 unspecified atom stereocenters. The molecule has 1 aliphatic carbocycles. The lowest BCUT2D eigenvalue weighted by molar-refractivity contribution is 0.0424. The Labute approximate surface area is 81.3 Å². The highest BCUT2D eigenvalue weighted by molar-refractivity contribution is 4.73. The van der Waals surface area contributed by atoms with Gasteiger partial charge in [-0.2, -0.15) is 0 Å². The van der Waals surface area contributed by atoms with Crippen LogP contribution in [0.1, 0.15) is 39.0 Å². The third-order valence-corrected chi connectivity index (χ3v) is 3.09. The van der Waals surface area contributed by atoms with Crippen LogP contribution in [0.15, 0.2) is 0 Å². The van der Waals surface area contributed by atoms with Crippen LogP contribution in [0.4, 0.5) is 0 Å². The number of hydrogen-bond donors (Lipinski definition) is 1. The monoisotopic (exact) mass is 186 g/mol. The van der Waals surface area contributed by atoms with E-state index in [9.17, 15) is 5.11 Å². The Balaban J connectivity index is 2.26. The van der Waals surface area contributed by atoms with Crippen molar-refractivity contribution < 1.29 is 9.84 Å². The van der Waals surface area contributed by atoms with Crippen molar-refractivity contribution in [3.05, 3.63) is 0 Å². The van der Waals surface area contributed by atoms with Crippen LogP contribution in [0.3, 0.4) is 0 Å². The number of rotatable bonds is 5. The van der Waals surface area contributed by atoms with Gasteiger partial charge < -0.3 is 9.84 Å². The third kappa shape index (κ3) is 3.65. The van der Waals surface area contributed by atoms with Crippen molar-refractivity contribution in [2.75, 3.05) is 19.8 Å². The first-order valence-corrected chi connectivity index (χ1v) is 5.57. The Morgan fingerprint density at radius 2 is 2.00 bits per heavy atom. The van der Waals surface area contributed by atoms with E-state index in [-0.39, 0.29) is 0 Å². The Morgan fingerprint density at radius 1 is 1.31 bits per heavy atom. The van der Waals surface area contributed by atoms with E-state index < -0.39 is 0 Å². The van der Waals surface area contributed by atoms with Crippen molar-refractivity contribution in [1.29, 1.82) is 0 Å². The van der Waals surface area contributed by atoms with Crippen LogP contribution in [0, 0.1) is 11.8 Å². The lowest BCUT2D eigenvalue weighted by Gasteiger charge is -2.28. The van der Waals surface area contributed by atoms with Gasteiger partial charge in [0, 0.05) is 19.1 Å². The van der Waals surface area contributed by atoms with Gasteiger partial charge in [0.05, 0.1) is 6.61 Å². The van der Waals surface area contributed by atoms with Crippen LogP contribution in [-0.4, -0.2) is 24.9 Å². The number of aliphatic hydroxyl groups excluding tert-OH is 1. The molecule has 0 heterocycles. The van der Waals surface area contributed by atoms with Gasteiger partial charge in [0.2, 0.25) is 0 Å². The van der Waals surface area contributed by atoms with E-state index in [1.54, 1.807) is 0 Å². The van der Waals surface area contributed by atoms with Crippen molar-refractivity contribution in [3.8, 4) is 0 Å². The molecule has 1 saturated carbocycles. The van der Waals surface area contributed by atoms with Crippen molar-refractivity contribution in [3.63, 3.8) is 0 Å². The lowest BCUT2D eigenvalue weighted by atomic mass is 9.81. The summed E-state index contributed by atoms with van der Waals surface area (Å²) in [4.78, 5) is 0. The molecule has 0 radical (unpaired) electrons. The summed E-state index contributed by atoms with van der Waals surface area (Å²) in [6.45, 7) is 3.82. The molecule has 0 aliphatic heterocycles. The first kappa shape index (κ1) is 11.0. The average Bonchev–Trinajstić information content (AvgIpc) is 2.21. The molecule has 0 aromatic rings. The maximum atomic E-state index is 9.22. The van der Waals surface area contributed by atoms with Gasteiger partial charge in [0.1, 0.15) is 0 Å². The van der Waals surface area contributed by atoms with Crippen LogP contribution in [-0.2, 0) is 4.74 Å². The maximum absolute atomic E-state index is 9.22. The maximum Gasteiger partial charge on any atom is 0.0518 e. The first-order chi connectivity index (χ1) is 6.38. The predicted molar refractivity (Wildman–Crippen MR) is 53.6 cm³/mol. The molecular weight excluding hydrogens is 164 g/mol. The molecule has 78 valence electrons. The minimum Gasteiger partial charge on any atom is -0.396 e. The molecule has 0 spiro atoms. The summed E-state index contributed by atoms with van der Waals surface area (Å²) >= 11 is 0. The predicted octanol–water partition coefficient (Wildman–Crippen LogP) is 2.21. The van der Waals surface area contributed by atoms with Crippen molar-refractivity contribution in [2.24, 2.45) is 11.8 Å². The van der Waals surface area contributed by atoms with Crippen LogP contribution < -0.4 is 0 Å². The zero-order valence-electron chi connectivity index (χ0n) is 8.67. The zero-order chi connectivity index (χ0) is 9.52. The van der Waals surface area contributed by atoms with Crippen molar-refractivity contribution in [2.45, 2.75) is 39.0 Å². The zero-order valence-corrected chi connectivity index (χ0v) is 8.67. The Hall–Kier alpha value is -0.0800. The van der Waals surface area contributed by atoms with Gasteiger partial charge in [-0.1, -0.05) is 32.1 Å². The minimum atomic E-state index is 0.296. The van der Waals surface area contributed by atoms with Crippen molar-refractivity contribution in [1.82, 2.24) is 0 Å². The highest BCUT2D eigenvalue weighted by atomic mass is 16.5. The molecule has 0 amide bonds. The molecule has 1 atom stereocenters. The third-order valence-electron chi connectivity index (χ3n) is 3.09. The van der Waals surface area contributed by atoms with Crippen LogP contribution in [0.2, 0.25) is 0 Å².